The minimum absolute atomic E-state index is 0.215. The van der Waals surface area contributed by atoms with Crippen LogP contribution < -0.4 is 20.7 Å². The fraction of sp³-hybridized carbons (Fsp3) is 0.120. The predicted octanol–water partition coefficient (Wildman–Crippen LogP) is 3.75. The second kappa shape index (κ2) is 10.7. The average Bonchev–Trinajstić information content (AvgIpc) is 2.78. The molecular formula is C25H23N3O5. The van der Waals surface area contributed by atoms with Crippen molar-refractivity contribution >= 4 is 35.1 Å². The Morgan fingerprint density at radius 2 is 1.39 bits per heavy atom. The largest absolute Gasteiger partial charge is 0.427 e. The van der Waals surface area contributed by atoms with Crippen LogP contribution in [0.1, 0.15) is 40.1 Å². The van der Waals surface area contributed by atoms with Crippen molar-refractivity contribution in [2.45, 2.75) is 20.4 Å². The topological polar surface area (TPSA) is 114 Å². The molecule has 0 saturated carbocycles. The van der Waals surface area contributed by atoms with E-state index in [-0.39, 0.29) is 24.3 Å². The Labute approximate surface area is 191 Å². The summed E-state index contributed by atoms with van der Waals surface area (Å²) in [7, 11) is 0. The highest BCUT2D eigenvalue weighted by Crippen LogP contribution is 2.16. The minimum atomic E-state index is -0.458. The van der Waals surface area contributed by atoms with Gasteiger partial charge in [0.05, 0.1) is 0 Å². The predicted molar refractivity (Wildman–Crippen MR) is 124 cm³/mol. The normalized spacial score (nSPS) is 10.1. The van der Waals surface area contributed by atoms with Crippen LogP contribution in [0.5, 0.6) is 5.75 Å². The van der Waals surface area contributed by atoms with Crippen LogP contribution in [0, 0.1) is 0 Å². The fourth-order valence-corrected chi connectivity index (χ4v) is 3.00. The first kappa shape index (κ1) is 23.2. The molecule has 0 unspecified atom stereocenters. The van der Waals surface area contributed by atoms with Gasteiger partial charge in [-0.3, -0.25) is 19.2 Å². The first-order valence-corrected chi connectivity index (χ1v) is 10.1. The second-order valence-corrected chi connectivity index (χ2v) is 7.22. The van der Waals surface area contributed by atoms with Crippen molar-refractivity contribution in [2.24, 2.45) is 0 Å². The molecule has 168 valence electrons. The zero-order valence-electron chi connectivity index (χ0n) is 18.2. The number of rotatable bonds is 7. The highest BCUT2D eigenvalue weighted by molar-refractivity contribution is 6.05. The number of esters is 1. The molecule has 0 fully saturated rings. The van der Waals surface area contributed by atoms with Crippen molar-refractivity contribution in [2.75, 3.05) is 10.6 Å². The van der Waals surface area contributed by atoms with Gasteiger partial charge >= 0.3 is 5.97 Å². The van der Waals surface area contributed by atoms with Crippen molar-refractivity contribution in [3.8, 4) is 5.75 Å². The summed E-state index contributed by atoms with van der Waals surface area (Å²) in [4.78, 5) is 47.1. The summed E-state index contributed by atoms with van der Waals surface area (Å²) in [6.07, 6.45) is 0. The molecule has 0 bridgehead atoms. The van der Waals surface area contributed by atoms with Crippen LogP contribution in [0.15, 0.2) is 72.8 Å². The van der Waals surface area contributed by atoms with Gasteiger partial charge in [-0.05, 0) is 54.1 Å². The molecule has 0 aliphatic carbocycles. The Morgan fingerprint density at radius 3 is 2.06 bits per heavy atom. The van der Waals surface area contributed by atoms with Gasteiger partial charge in [-0.15, -0.1) is 0 Å². The van der Waals surface area contributed by atoms with Crippen molar-refractivity contribution in [3.63, 3.8) is 0 Å². The number of ether oxygens (including phenoxy) is 1. The molecule has 8 nitrogen and oxygen atoms in total. The molecule has 3 amide bonds. The van der Waals surface area contributed by atoms with E-state index in [9.17, 15) is 19.2 Å². The molecule has 0 radical (unpaired) electrons. The maximum Gasteiger partial charge on any atom is 0.308 e. The highest BCUT2D eigenvalue weighted by Gasteiger charge is 2.09. The first-order chi connectivity index (χ1) is 15.8. The number of amides is 3. The minimum Gasteiger partial charge on any atom is -0.427 e. The zero-order chi connectivity index (χ0) is 23.8. The van der Waals surface area contributed by atoms with Gasteiger partial charge in [0.1, 0.15) is 5.75 Å². The summed E-state index contributed by atoms with van der Waals surface area (Å²) < 4.78 is 5.00. The van der Waals surface area contributed by atoms with E-state index < -0.39 is 5.97 Å². The second-order valence-electron chi connectivity index (χ2n) is 7.22. The van der Waals surface area contributed by atoms with E-state index in [0.717, 1.165) is 5.56 Å². The molecular weight excluding hydrogens is 422 g/mol. The Kier molecular flexibility index (Phi) is 7.54. The maximum atomic E-state index is 12.5. The molecule has 3 rings (SSSR count). The van der Waals surface area contributed by atoms with E-state index in [2.05, 4.69) is 16.0 Å². The van der Waals surface area contributed by atoms with Gasteiger partial charge in [-0.2, -0.15) is 0 Å². The van der Waals surface area contributed by atoms with Crippen molar-refractivity contribution < 1.29 is 23.9 Å². The summed E-state index contributed by atoms with van der Waals surface area (Å²) in [5, 5.41) is 8.24. The van der Waals surface area contributed by atoms with Crippen molar-refractivity contribution in [1.29, 1.82) is 0 Å². The van der Waals surface area contributed by atoms with Crippen LogP contribution in [-0.2, 0) is 16.1 Å². The zero-order valence-corrected chi connectivity index (χ0v) is 18.2. The van der Waals surface area contributed by atoms with Gasteiger partial charge in [0, 0.05) is 42.9 Å². The maximum absolute atomic E-state index is 12.5. The molecule has 0 atom stereocenters. The lowest BCUT2D eigenvalue weighted by atomic mass is 10.1. The smallest absolute Gasteiger partial charge is 0.308 e. The average molecular weight is 445 g/mol. The number of benzene rings is 3. The lowest BCUT2D eigenvalue weighted by Crippen LogP contribution is -2.22. The molecule has 0 spiro atoms. The van der Waals surface area contributed by atoms with Crippen LogP contribution in [0.25, 0.3) is 0 Å². The molecule has 0 saturated heterocycles. The highest BCUT2D eigenvalue weighted by atomic mass is 16.5. The number of hydrogen-bond donors (Lipinski definition) is 3. The van der Waals surface area contributed by atoms with Crippen LogP contribution in [0.4, 0.5) is 11.4 Å². The van der Waals surface area contributed by atoms with Crippen LogP contribution in [0.2, 0.25) is 0 Å². The lowest BCUT2D eigenvalue weighted by Gasteiger charge is -2.09. The van der Waals surface area contributed by atoms with Gasteiger partial charge in [-0.1, -0.05) is 24.3 Å². The van der Waals surface area contributed by atoms with Gasteiger partial charge in [0.15, 0.2) is 0 Å². The summed E-state index contributed by atoms with van der Waals surface area (Å²) in [5.74, 6) is -0.985. The third kappa shape index (κ3) is 7.03. The van der Waals surface area contributed by atoms with Gasteiger partial charge in [-0.25, -0.2) is 0 Å². The number of anilines is 2. The van der Waals surface area contributed by atoms with Crippen LogP contribution >= 0.6 is 0 Å². The Bertz CT molecular complexity index is 1190. The van der Waals surface area contributed by atoms with Gasteiger partial charge in [0.2, 0.25) is 5.91 Å². The number of carbonyl (C=O) groups excluding carboxylic acids is 4. The standard InChI is InChI=1S/C25H23N3O5/c1-16(29)27-22-7-3-5-19(13-22)25(32)28-21-11-9-18(10-12-21)15-26-24(31)20-6-4-8-23(14-20)33-17(2)30/h3-14H,15H2,1-2H3,(H,26,31)(H,27,29)(H,28,32). The molecule has 3 aromatic carbocycles. The molecule has 3 aromatic rings. The summed E-state index contributed by atoms with van der Waals surface area (Å²) in [5.41, 5.74) is 2.76. The molecule has 33 heavy (non-hydrogen) atoms. The van der Waals surface area contributed by atoms with Gasteiger partial charge in [0.25, 0.3) is 11.8 Å². The van der Waals surface area contributed by atoms with E-state index in [0.29, 0.717) is 28.3 Å². The van der Waals surface area contributed by atoms with Crippen LogP contribution in [0.3, 0.4) is 0 Å². The number of nitrogens with one attached hydrogen (secondary N) is 3. The fourth-order valence-electron chi connectivity index (χ4n) is 3.00. The SMILES string of the molecule is CC(=O)Nc1cccc(C(=O)Nc2ccc(CNC(=O)c3cccc(OC(C)=O)c3)cc2)c1. The van der Waals surface area contributed by atoms with E-state index in [4.69, 9.17) is 4.74 Å². The van der Waals surface area contributed by atoms with E-state index in [1.807, 2.05) is 0 Å². The summed E-state index contributed by atoms with van der Waals surface area (Å²) in [6, 6.07) is 20.0. The van der Waals surface area contributed by atoms with Crippen molar-refractivity contribution in [1.82, 2.24) is 5.32 Å². The molecule has 0 aliphatic heterocycles. The van der Waals surface area contributed by atoms with E-state index >= 15 is 0 Å². The number of carbonyl (C=O) groups is 4. The van der Waals surface area contributed by atoms with Crippen molar-refractivity contribution in [3.05, 3.63) is 89.5 Å². The Balaban J connectivity index is 1.56. The number of hydrogen-bond acceptors (Lipinski definition) is 5. The van der Waals surface area contributed by atoms with E-state index in [1.54, 1.807) is 66.7 Å². The molecule has 0 aliphatic rings. The third-order valence-electron chi connectivity index (χ3n) is 4.47. The molecule has 3 N–H and O–H groups in total. The monoisotopic (exact) mass is 445 g/mol. The van der Waals surface area contributed by atoms with E-state index in [1.165, 1.54) is 19.9 Å². The third-order valence-corrected chi connectivity index (χ3v) is 4.47. The van der Waals surface area contributed by atoms with Crippen LogP contribution in [-0.4, -0.2) is 23.7 Å². The molecule has 8 heteroatoms. The Hall–Kier alpha value is -4.46. The quantitative estimate of drug-likeness (QED) is 0.379. The lowest BCUT2D eigenvalue weighted by molar-refractivity contribution is -0.131. The molecule has 0 aromatic heterocycles. The summed E-state index contributed by atoms with van der Waals surface area (Å²) >= 11 is 0. The first-order valence-electron chi connectivity index (χ1n) is 10.1. The molecule has 0 heterocycles. The summed E-state index contributed by atoms with van der Waals surface area (Å²) in [6.45, 7) is 2.97. The van der Waals surface area contributed by atoms with Gasteiger partial charge < -0.3 is 20.7 Å². The Morgan fingerprint density at radius 1 is 0.727 bits per heavy atom.